The number of hydrogen-bond acceptors (Lipinski definition) is 8. The van der Waals surface area contributed by atoms with Crippen molar-refractivity contribution in [2.75, 3.05) is 13.1 Å². The molecule has 2 aliphatic carbocycles. The van der Waals surface area contributed by atoms with Crippen molar-refractivity contribution >= 4 is 44.8 Å². The van der Waals surface area contributed by atoms with Crippen LogP contribution in [0.25, 0.3) is 0 Å². The lowest BCUT2D eigenvalue weighted by Crippen LogP contribution is -2.48. The number of allylic oxidation sites excluding steroid dienone is 1. The largest absolute Gasteiger partial charge is 0.446 e. The Morgan fingerprint density at radius 3 is 2.28 bits per heavy atom. The minimum absolute atomic E-state index is 0.0687. The zero-order valence-electron chi connectivity index (χ0n) is 24.8. The van der Waals surface area contributed by atoms with Crippen LogP contribution in [0.2, 0.25) is 0 Å². The first kappa shape index (κ1) is 36.7. The summed E-state index contributed by atoms with van der Waals surface area (Å²) in [6, 6.07) is 5.95. The molecule has 1 aromatic carbocycles. The van der Waals surface area contributed by atoms with Gasteiger partial charge in [-0.3, -0.25) is 8.98 Å². The molecular formula is C31H46BrN3O7S. The molecule has 3 fully saturated rings. The summed E-state index contributed by atoms with van der Waals surface area (Å²) < 4.78 is 36.9. The predicted molar refractivity (Wildman–Crippen MR) is 170 cm³/mol. The van der Waals surface area contributed by atoms with Gasteiger partial charge in [-0.2, -0.15) is 8.42 Å². The second kappa shape index (κ2) is 19.0. The first-order valence-electron chi connectivity index (χ1n) is 14.9. The molecule has 4 atom stereocenters. The highest BCUT2D eigenvalue weighted by atomic mass is 79.9. The van der Waals surface area contributed by atoms with Crippen molar-refractivity contribution in [3.05, 3.63) is 54.0 Å². The van der Waals surface area contributed by atoms with Gasteiger partial charge in [-0.05, 0) is 88.0 Å². The molecule has 3 aliphatic rings. The number of rotatable bonds is 13. The van der Waals surface area contributed by atoms with E-state index in [9.17, 15) is 18.0 Å². The van der Waals surface area contributed by atoms with Gasteiger partial charge in [0.1, 0.15) is 18.9 Å². The smallest absolute Gasteiger partial charge is 0.408 e. The summed E-state index contributed by atoms with van der Waals surface area (Å²) in [4.78, 5) is 35.4. The van der Waals surface area contributed by atoms with Crippen molar-refractivity contribution in [2.45, 2.75) is 99.8 Å². The second-order valence-electron chi connectivity index (χ2n) is 10.9. The summed E-state index contributed by atoms with van der Waals surface area (Å²) >= 11 is 3.29. The number of carbonyl (C=O) groups is 3. The minimum atomic E-state index is -3.94. The lowest BCUT2D eigenvalue weighted by Gasteiger charge is -2.25. The molecule has 2 amide bonds. The molecule has 0 spiro atoms. The molecule has 3 N–H and O–H groups in total. The molecule has 240 valence electrons. The Hall–Kier alpha value is -2.54. The molecule has 0 aromatic heterocycles. The summed E-state index contributed by atoms with van der Waals surface area (Å²) in [6.45, 7) is 9.84. The van der Waals surface area contributed by atoms with E-state index in [4.69, 9.17) is 19.4 Å². The van der Waals surface area contributed by atoms with Crippen molar-refractivity contribution in [2.24, 2.45) is 11.7 Å². The number of hydrogen-bond donors (Lipinski definition) is 2. The van der Waals surface area contributed by atoms with Crippen LogP contribution in [0.1, 0.15) is 70.6 Å². The minimum Gasteiger partial charge on any atom is -0.446 e. The van der Waals surface area contributed by atoms with E-state index in [1.807, 2.05) is 18.9 Å². The number of nitrogens with one attached hydrogen (secondary N) is 1. The number of likely N-dealkylation sites (tertiary alicyclic amines) is 1. The zero-order chi connectivity index (χ0) is 31.8. The molecule has 1 aliphatic heterocycles. The molecule has 0 radical (unpaired) electrons. The molecule has 12 heteroatoms. The van der Waals surface area contributed by atoms with Crippen LogP contribution in [0.5, 0.6) is 0 Å². The van der Waals surface area contributed by atoms with E-state index >= 15 is 0 Å². The van der Waals surface area contributed by atoms with Crippen molar-refractivity contribution in [3.63, 3.8) is 0 Å². The Morgan fingerprint density at radius 1 is 1.07 bits per heavy atom. The number of nitrogens with zero attached hydrogens (tertiary/aromatic N) is 1. The average Bonchev–Trinajstić information content (AvgIpc) is 3.31. The lowest BCUT2D eigenvalue weighted by molar-refractivity contribution is -0.132. The van der Waals surface area contributed by atoms with E-state index in [-0.39, 0.29) is 23.5 Å². The topological polar surface area (TPSA) is 145 Å². The van der Waals surface area contributed by atoms with Gasteiger partial charge in [0.2, 0.25) is 5.91 Å². The number of alkyl carbamates (subject to hydrolysis) is 1. The number of ether oxygens (including phenoxy) is 1. The number of amides is 2. The fourth-order valence-corrected chi connectivity index (χ4v) is 6.34. The Balaban J connectivity index is 0.000000706. The van der Waals surface area contributed by atoms with Crippen molar-refractivity contribution in [1.82, 2.24) is 10.2 Å². The van der Waals surface area contributed by atoms with E-state index in [0.717, 1.165) is 62.3 Å². The quantitative estimate of drug-likeness (QED) is 0.163. The van der Waals surface area contributed by atoms with Crippen LogP contribution >= 0.6 is 15.9 Å². The van der Waals surface area contributed by atoms with Gasteiger partial charge in [0.15, 0.2) is 0 Å². The van der Waals surface area contributed by atoms with Gasteiger partial charge in [0.05, 0.1) is 11.0 Å². The maximum atomic E-state index is 13.3. The van der Waals surface area contributed by atoms with Crippen LogP contribution in [-0.4, -0.2) is 69.5 Å². The third-order valence-electron chi connectivity index (χ3n) is 7.58. The van der Waals surface area contributed by atoms with E-state index < -0.39 is 28.4 Å². The van der Waals surface area contributed by atoms with Crippen LogP contribution in [0.15, 0.2) is 58.9 Å². The van der Waals surface area contributed by atoms with Gasteiger partial charge in [0, 0.05) is 23.6 Å². The van der Waals surface area contributed by atoms with Crippen LogP contribution in [-0.2, 0) is 28.6 Å². The van der Waals surface area contributed by atoms with Crippen LogP contribution < -0.4 is 11.1 Å². The van der Waals surface area contributed by atoms with Crippen LogP contribution in [0, 0.1) is 5.92 Å². The number of carbonyl (C=O) groups excluding carboxylic acids is 3. The summed E-state index contributed by atoms with van der Waals surface area (Å²) in [5.74, 6) is 0.411. The highest BCUT2D eigenvalue weighted by molar-refractivity contribution is 9.10. The standard InChI is InChI=1S/C25H35BrN2O6S.C5H9N.CH2O/c1-2-3-4-5-6-11-23(27-25(30)33-20-9-7-8-10-20)24(29)28-17-16-21(18-28)34-35(31,32)22-14-12-19(26)13-15-22;1-2-4-3-5(4)6;1-2/h2,12-15,20-21,23H,1,3-11,16-18H2,(H,27,30);2,4-5H,1,3,6H2;1H2/t;4-,5-;/m.1./s1. The zero-order valence-corrected chi connectivity index (χ0v) is 27.2. The summed E-state index contributed by atoms with van der Waals surface area (Å²) in [5, 5.41) is 2.77. The molecule has 1 saturated heterocycles. The van der Waals surface area contributed by atoms with Crippen LogP contribution in [0.3, 0.4) is 0 Å². The van der Waals surface area contributed by atoms with E-state index in [2.05, 4.69) is 34.4 Å². The maximum absolute atomic E-state index is 13.3. The van der Waals surface area contributed by atoms with Gasteiger partial charge in [-0.1, -0.05) is 40.9 Å². The first-order valence-corrected chi connectivity index (χ1v) is 17.1. The maximum Gasteiger partial charge on any atom is 0.408 e. The third kappa shape index (κ3) is 12.9. The highest BCUT2D eigenvalue weighted by Gasteiger charge is 2.35. The van der Waals surface area contributed by atoms with Gasteiger partial charge in [0.25, 0.3) is 10.1 Å². The predicted octanol–water partition coefficient (Wildman–Crippen LogP) is 5.26. The van der Waals surface area contributed by atoms with Crippen LogP contribution in [0.4, 0.5) is 4.79 Å². The molecule has 0 bridgehead atoms. The molecular weight excluding hydrogens is 638 g/mol. The first-order chi connectivity index (χ1) is 20.6. The molecule has 10 nitrogen and oxygen atoms in total. The molecule has 43 heavy (non-hydrogen) atoms. The molecule has 2 unspecified atom stereocenters. The Kier molecular flexibility index (Phi) is 16.2. The fourth-order valence-electron chi connectivity index (χ4n) is 4.98. The number of nitrogens with two attached hydrogens (primary N) is 1. The number of halogens is 1. The van der Waals surface area contributed by atoms with E-state index in [1.54, 1.807) is 17.0 Å². The van der Waals surface area contributed by atoms with Gasteiger partial charge in [-0.15, -0.1) is 13.2 Å². The third-order valence-corrected chi connectivity index (χ3v) is 9.49. The molecule has 1 heterocycles. The summed E-state index contributed by atoms with van der Waals surface area (Å²) in [5.41, 5.74) is 5.41. The monoisotopic (exact) mass is 683 g/mol. The Morgan fingerprint density at radius 2 is 1.72 bits per heavy atom. The highest BCUT2D eigenvalue weighted by Crippen LogP contribution is 2.28. The summed E-state index contributed by atoms with van der Waals surface area (Å²) in [6.07, 6.45) is 11.9. The molecule has 2 saturated carbocycles. The SMILES string of the molecule is C=CCCCCCC(NC(=O)OC1CCCC1)C(=O)N1CCC(OS(=O)(=O)c2ccc(Br)cc2)C1.C=C[C@@H]1C[C@H]1N.C=O. The van der Waals surface area contributed by atoms with Crippen molar-refractivity contribution < 1.29 is 31.7 Å². The van der Waals surface area contributed by atoms with E-state index in [1.165, 1.54) is 12.1 Å². The number of benzene rings is 1. The normalized spacial score (nSPS) is 21.8. The average molecular weight is 685 g/mol. The van der Waals surface area contributed by atoms with Gasteiger partial charge in [-0.25, -0.2) is 4.79 Å². The van der Waals surface area contributed by atoms with Gasteiger partial charge >= 0.3 is 6.09 Å². The molecule has 1 aromatic rings. The fraction of sp³-hybridized carbons (Fsp3) is 0.581. The van der Waals surface area contributed by atoms with Gasteiger partial charge < -0.3 is 25.5 Å². The molecule has 4 rings (SSSR count). The Labute approximate surface area is 264 Å². The van der Waals surface area contributed by atoms with Crippen molar-refractivity contribution in [3.8, 4) is 0 Å². The van der Waals surface area contributed by atoms with E-state index in [0.29, 0.717) is 31.3 Å². The Bertz CT molecular complexity index is 1140. The second-order valence-corrected chi connectivity index (χ2v) is 13.4. The van der Waals surface area contributed by atoms with Crippen molar-refractivity contribution in [1.29, 1.82) is 0 Å². The lowest BCUT2D eigenvalue weighted by atomic mass is 10.1. The summed E-state index contributed by atoms with van der Waals surface area (Å²) in [7, 11) is -3.94. The number of unbranched alkanes of at least 4 members (excludes halogenated alkanes) is 3.